The molecule has 0 radical (unpaired) electrons. The standard InChI is InChI=1S/C25H31F2N5O3.C2H6.H2/c1-15(14-32(10-11-33)25(35)20(28)8-9-23(31)34)17-5-2-4-16(12-21(17)29)13-22(30)24-18(26)6-3-7-19(24)27;1-2;/h3,6-9,13,15,17,28-30,33H,2,4-5,10-12,14H2,1H3,(H2,31,34);1-2H3;1H/b9-8-,16-13-,28-20?,29-21?,30-22?;;. The highest BCUT2D eigenvalue weighted by Gasteiger charge is 2.29. The zero-order valence-corrected chi connectivity index (χ0v) is 21.6. The molecule has 2 atom stereocenters. The number of hydrogen-bond donors (Lipinski definition) is 5. The van der Waals surface area contributed by atoms with Crippen molar-refractivity contribution in [3.05, 3.63) is 59.2 Å². The van der Waals surface area contributed by atoms with Gasteiger partial charge in [-0.25, -0.2) is 8.78 Å². The molecule has 2 rings (SSSR count). The van der Waals surface area contributed by atoms with E-state index in [-0.39, 0.29) is 45.1 Å². The Labute approximate surface area is 218 Å². The van der Waals surface area contributed by atoms with Gasteiger partial charge in [-0.1, -0.05) is 32.4 Å². The molecule has 1 aromatic rings. The minimum atomic E-state index is -0.813. The summed E-state index contributed by atoms with van der Waals surface area (Å²) in [6, 6.07) is 3.43. The number of allylic oxidation sites excluding steroid dienone is 2. The van der Waals surface area contributed by atoms with E-state index in [0.717, 1.165) is 29.9 Å². The number of rotatable bonds is 10. The molecule has 204 valence electrons. The maximum atomic E-state index is 14.0. The number of aliphatic hydroxyl groups is 1. The summed E-state index contributed by atoms with van der Waals surface area (Å²) in [5.41, 5.74) is 5.02. The highest BCUT2D eigenvalue weighted by Crippen LogP contribution is 2.30. The van der Waals surface area contributed by atoms with Gasteiger partial charge in [0, 0.05) is 38.6 Å². The van der Waals surface area contributed by atoms with Crippen molar-refractivity contribution in [2.24, 2.45) is 17.6 Å². The van der Waals surface area contributed by atoms with Crippen LogP contribution in [0, 0.1) is 39.7 Å². The van der Waals surface area contributed by atoms with Gasteiger partial charge < -0.3 is 26.6 Å². The molecule has 0 spiro atoms. The number of amides is 2. The molecular formula is C27H39F2N5O3. The number of carbonyl (C=O) groups excluding carboxylic acids is 2. The normalized spacial score (nSPS) is 17.5. The van der Waals surface area contributed by atoms with E-state index in [2.05, 4.69) is 0 Å². The van der Waals surface area contributed by atoms with Gasteiger partial charge in [-0.2, -0.15) is 0 Å². The Morgan fingerprint density at radius 3 is 2.43 bits per heavy atom. The molecule has 8 nitrogen and oxygen atoms in total. The van der Waals surface area contributed by atoms with Crippen LogP contribution < -0.4 is 5.73 Å². The van der Waals surface area contributed by atoms with Crippen molar-refractivity contribution < 1.29 is 24.9 Å². The fraction of sp³-hybridized carbons (Fsp3) is 0.444. The van der Waals surface area contributed by atoms with Gasteiger partial charge in [0.2, 0.25) is 5.91 Å². The molecule has 1 aromatic carbocycles. The third-order valence-electron chi connectivity index (χ3n) is 5.96. The summed E-state index contributed by atoms with van der Waals surface area (Å²) in [5.74, 6) is -3.44. The zero-order chi connectivity index (χ0) is 28.1. The van der Waals surface area contributed by atoms with Crippen molar-refractivity contribution in [3.63, 3.8) is 0 Å². The predicted molar refractivity (Wildman–Crippen MR) is 143 cm³/mol. The van der Waals surface area contributed by atoms with Crippen LogP contribution in [0.2, 0.25) is 0 Å². The molecule has 10 heteroatoms. The molecule has 1 saturated carbocycles. The van der Waals surface area contributed by atoms with Crippen LogP contribution in [-0.2, 0) is 9.59 Å². The largest absolute Gasteiger partial charge is 0.395 e. The number of nitrogens with zero attached hydrogens (tertiary/aromatic N) is 1. The van der Waals surface area contributed by atoms with E-state index in [9.17, 15) is 23.5 Å². The summed E-state index contributed by atoms with van der Waals surface area (Å²) in [6.07, 6.45) is 5.53. The first kappa shape index (κ1) is 31.5. The van der Waals surface area contributed by atoms with Crippen LogP contribution in [0.4, 0.5) is 8.78 Å². The molecule has 0 aromatic heterocycles. The van der Waals surface area contributed by atoms with Crippen LogP contribution in [0.3, 0.4) is 0 Å². The highest BCUT2D eigenvalue weighted by molar-refractivity contribution is 6.42. The third-order valence-corrected chi connectivity index (χ3v) is 5.96. The summed E-state index contributed by atoms with van der Waals surface area (Å²) in [5, 5.41) is 34.0. The number of benzene rings is 1. The van der Waals surface area contributed by atoms with Crippen LogP contribution in [0.25, 0.3) is 0 Å². The second-order valence-electron chi connectivity index (χ2n) is 8.62. The highest BCUT2D eigenvalue weighted by atomic mass is 19.1. The number of carbonyl (C=O) groups is 2. The first-order chi connectivity index (χ1) is 17.5. The molecule has 37 heavy (non-hydrogen) atoms. The quantitative estimate of drug-likeness (QED) is 0.178. The number of hydrogen-bond acceptors (Lipinski definition) is 6. The fourth-order valence-corrected chi connectivity index (χ4v) is 4.25. The number of aliphatic hydroxyl groups excluding tert-OH is 1. The van der Waals surface area contributed by atoms with Gasteiger partial charge in [0.05, 0.1) is 17.9 Å². The minimum absolute atomic E-state index is 0. The SMILES string of the molecule is CC.CC(CN(CCO)C(=O)C(=N)/C=C\C(N)=O)C1CCC/C(=C/C(=N)c2c(F)cccc2F)CC1=N.[HH]. The van der Waals surface area contributed by atoms with Crippen molar-refractivity contribution in [3.8, 4) is 0 Å². The molecule has 2 unspecified atom stereocenters. The molecule has 0 aliphatic heterocycles. The Balaban J connectivity index is 0.00000445. The van der Waals surface area contributed by atoms with Crippen molar-refractivity contribution in [1.82, 2.24) is 4.90 Å². The van der Waals surface area contributed by atoms with Gasteiger partial charge in [-0.3, -0.25) is 15.0 Å². The van der Waals surface area contributed by atoms with Crippen LogP contribution in [0.5, 0.6) is 0 Å². The van der Waals surface area contributed by atoms with E-state index in [0.29, 0.717) is 25.0 Å². The zero-order valence-electron chi connectivity index (χ0n) is 21.6. The summed E-state index contributed by atoms with van der Waals surface area (Å²) < 4.78 is 28.1. The second kappa shape index (κ2) is 15.6. The molecular weight excluding hydrogens is 480 g/mol. The number of primary amides is 1. The Bertz CT molecular complexity index is 1050. The Morgan fingerprint density at radius 1 is 1.24 bits per heavy atom. The van der Waals surface area contributed by atoms with Gasteiger partial charge in [0.1, 0.15) is 17.3 Å². The summed E-state index contributed by atoms with van der Waals surface area (Å²) >= 11 is 0. The number of nitrogens with two attached hydrogens (primary N) is 1. The Kier molecular flexibility index (Phi) is 13.2. The van der Waals surface area contributed by atoms with Crippen LogP contribution >= 0.6 is 0 Å². The molecule has 1 fully saturated rings. The lowest BCUT2D eigenvalue weighted by molar-refractivity contribution is -0.125. The second-order valence-corrected chi connectivity index (χ2v) is 8.62. The Hall–Kier alpha value is -3.53. The van der Waals surface area contributed by atoms with E-state index in [1.54, 1.807) is 0 Å². The topological polar surface area (TPSA) is 155 Å². The Morgan fingerprint density at radius 2 is 1.86 bits per heavy atom. The van der Waals surface area contributed by atoms with Gasteiger partial charge in [0.15, 0.2) is 0 Å². The van der Waals surface area contributed by atoms with E-state index < -0.39 is 34.7 Å². The lowest BCUT2D eigenvalue weighted by Gasteiger charge is -2.30. The number of halogens is 2. The van der Waals surface area contributed by atoms with Gasteiger partial charge in [-0.05, 0) is 49.5 Å². The van der Waals surface area contributed by atoms with Crippen LogP contribution in [-0.4, -0.2) is 58.7 Å². The fourth-order valence-electron chi connectivity index (χ4n) is 4.25. The molecule has 1 aliphatic carbocycles. The van der Waals surface area contributed by atoms with Gasteiger partial charge in [0.25, 0.3) is 5.91 Å². The third kappa shape index (κ3) is 9.45. The van der Waals surface area contributed by atoms with E-state index >= 15 is 0 Å². The van der Waals surface area contributed by atoms with E-state index in [1.165, 1.54) is 17.0 Å². The monoisotopic (exact) mass is 519 g/mol. The summed E-state index contributed by atoms with van der Waals surface area (Å²) in [6.45, 7) is 5.75. The predicted octanol–water partition coefficient (Wildman–Crippen LogP) is 4.26. The molecule has 0 heterocycles. The minimum Gasteiger partial charge on any atom is -0.395 e. The average molecular weight is 520 g/mol. The molecule has 2 amide bonds. The first-order valence-corrected chi connectivity index (χ1v) is 12.3. The summed E-state index contributed by atoms with van der Waals surface area (Å²) in [4.78, 5) is 24.8. The van der Waals surface area contributed by atoms with Gasteiger partial charge >= 0.3 is 0 Å². The summed E-state index contributed by atoms with van der Waals surface area (Å²) in [7, 11) is 0. The van der Waals surface area contributed by atoms with E-state index in [4.69, 9.17) is 22.0 Å². The van der Waals surface area contributed by atoms with Crippen LogP contribution in [0.15, 0.2) is 42.0 Å². The van der Waals surface area contributed by atoms with Crippen molar-refractivity contribution in [2.45, 2.75) is 46.5 Å². The average Bonchev–Trinajstić information content (AvgIpc) is 3.03. The first-order valence-electron chi connectivity index (χ1n) is 12.3. The van der Waals surface area contributed by atoms with Crippen molar-refractivity contribution in [1.29, 1.82) is 16.2 Å². The lowest BCUT2D eigenvalue weighted by Crippen LogP contribution is -2.42. The molecule has 0 bridgehead atoms. The number of nitrogens with one attached hydrogen (secondary N) is 3. The maximum absolute atomic E-state index is 14.0. The maximum Gasteiger partial charge on any atom is 0.271 e. The van der Waals surface area contributed by atoms with Crippen molar-refractivity contribution in [2.75, 3.05) is 19.7 Å². The molecule has 1 aliphatic rings. The molecule has 0 saturated heterocycles. The lowest BCUT2D eigenvalue weighted by atomic mass is 9.85. The van der Waals surface area contributed by atoms with Crippen molar-refractivity contribution >= 4 is 28.9 Å². The molecule has 6 N–H and O–H groups in total. The smallest absolute Gasteiger partial charge is 0.271 e. The van der Waals surface area contributed by atoms with Gasteiger partial charge in [-0.15, -0.1) is 0 Å². The van der Waals surface area contributed by atoms with Crippen LogP contribution in [0.1, 0.15) is 53.4 Å². The van der Waals surface area contributed by atoms with E-state index in [1.807, 2.05) is 20.8 Å².